The molecule has 0 radical (unpaired) electrons. The van der Waals surface area contributed by atoms with Crippen molar-refractivity contribution in [2.45, 2.75) is 52.0 Å². The van der Waals surface area contributed by atoms with Gasteiger partial charge in [-0.1, -0.05) is 13.8 Å². The molecule has 0 aliphatic carbocycles. The van der Waals surface area contributed by atoms with E-state index in [0.717, 1.165) is 32.2 Å². The summed E-state index contributed by atoms with van der Waals surface area (Å²) >= 11 is 0. The lowest BCUT2D eigenvalue weighted by Gasteiger charge is -2.35. The van der Waals surface area contributed by atoms with E-state index < -0.39 is 0 Å². The van der Waals surface area contributed by atoms with Crippen LogP contribution in [0.15, 0.2) is 0 Å². The monoisotopic (exact) mass is 256 g/mol. The number of nitrogens with zero attached hydrogens (tertiary/aromatic N) is 1. The Balaban J connectivity index is 2.51. The normalized spacial score (nSPS) is 22.3. The van der Waals surface area contributed by atoms with Crippen molar-refractivity contribution in [3.8, 4) is 0 Å². The number of carbonyl (C=O) groups is 1. The molecule has 2 atom stereocenters. The van der Waals surface area contributed by atoms with E-state index in [0.29, 0.717) is 18.9 Å². The molecule has 1 aliphatic rings. The molecule has 1 heterocycles. The van der Waals surface area contributed by atoms with E-state index in [2.05, 4.69) is 13.8 Å². The molecule has 106 valence electrons. The van der Waals surface area contributed by atoms with E-state index in [1.807, 2.05) is 4.90 Å². The largest absolute Gasteiger partial charge is 0.394 e. The molecule has 0 bridgehead atoms. The van der Waals surface area contributed by atoms with Crippen LogP contribution in [0.5, 0.6) is 0 Å². The molecular weight excluding hydrogens is 228 g/mol. The third kappa shape index (κ3) is 4.58. The van der Waals surface area contributed by atoms with Gasteiger partial charge >= 0.3 is 0 Å². The molecule has 4 heteroatoms. The van der Waals surface area contributed by atoms with Crippen molar-refractivity contribution in [2.75, 3.05) is 19.7 Å². The number of likely N-dealkylation sites (tertiary alicyclic amines) is 1. The van der Waals surface area contributed by atoms with E-state index in [4.69, 9.17) is 5.73 Å². The quantitative estimate of drug-likeness (QED) is 0.754. The second kappa shape index (κ2) is 7.74. The highest BCUT2D eigenvalue weighted by molar-refractivity contribution is 5.77. The van der Waals surface area contributed by atoms with Crippen molar-refractivity contribution in [1.29, 1.82) is 0 Å². The van der Waals surface area contributed by atoms with Gasteiger partial charge < -0.3 is 15.7 Å². The van der Waals surface area contributed by atoms with E-state index in [1.165, 1.54) is 0 Å². The van der Waals surface area contributed by atoms with Crippen LogP contribution in [0.4, 0.5) is 0 Å². The van der Waals surface area contributed by atoms with Gasteiger partial charge in [-0.3, -0.25) is 4.79 Å². The lowest BCUT2D eigenvalue weighted by atomic mass is 9.92. The number of rotatable bonds is 6. The molecule has 4 nitrogen and oxygen atoms in total. The molecule has 1 rings (SSSR count). The molecule has 1 amide bonds. The fourth-order valence-electron chi connectivity index (χ4n) is 2.81. The van der Waals surface area contributed by atoms with Gasteiger partial charge in [0.05, 0.1) is 12.6 Å². The van der Waals surface area contributed by atoms with Gasteiger partial charge in [-0.05, 0) is 44.1 Å². The topological polar surface area (TPSA) is 66.6 Å². The molecule has 0 spiro atoms. The summed E-state index contributed by atoms with van der Waals surface area (Å²) in [5, 5.41) is 9.33. The predicted molar refractivity (Wildman–Crippen MR) is 73.1 cm³/mol. The first-order chi connectivity index (χ1) is 8.58. The van der Waals surface area contributed by atoms with Gasteiger partial charge in [0.2, 0.25) is 5.91 Å². The van der Waals surface area contributed by atoms with E-state index in [9.17, 15) is 9.90 Å². The van der Waals surface area contributed by atoms with Crippen molar-refractivity contribution >= 4 is 5.91 Å². The average molecular weight is 256 g/mol. The van der Waals surface area contributed by atoms with E-state index in [-0.39, 0.29) is 24.5 Å². The van der Waals surface area contributed by atoms with Gasteiger partial charge in [-0.15, -0.1) is 0 Å². The molecular formula is C14H28N2O2. The van der Waals surface area contributed by atoms with Crippen molar-refractivity contribution in [2.24, 2.45) is 17.6 Å². The lowest BCUT2D eigenvalue weighted by molar-refractivity contribution is -0.137. The number of aliphatic hydroxyl groups excluding tert-OH is 1. The first-order valence-electron chi connectivity index (χ1n) is 7.18. The molecule has 0 aromatic heterocycles. The maximum atomic E-state index is 12.3. The van der Waals surface area contributed by atoms with Crippen LogP contribution in [0.1, 0.15) is 46.0 Å². The van der Waals surface area contributed by atoms with Crippen molar-refractivity contribution in [1.82, 2.24) is 4.90 Å². The summed E-state index contributed by atoms with van der Waals surface area (Å²) in [4.78, 5) is 14.1. The second-order valence-corrected chi connectivity index (χ2v) is 5.85. The maximum Gasteiger partial charge on any atom is 0.223 e. The highest BCUT2D eigenvalue weighted by Crippen LogP contribution is 2.21. The van der Waals surface area contributed by atoms with Crippen LogP contribution in [0.3, 0.4) is 0 Å². The van der Waals surface area contributed by atoms with Crippen LogP contribution in [0.2, 0.25) is 0 Å². The summed E-state index contributed by atoms with van der Waals surface area (Å²) in [6.07, 6.45) is 4.63. The van der Waals surface area contributed by atoms with Gasteiger partial charge in [-0.2, -0.15) is 0 Å². The molecule has 18 heavy (non-hydrogen) atoms. The van der Waals surface area contributed by atoms with Crippen LogP contribution < -0.4 is 5.73 Å². The van der Waals surface area contributed by atoms with Crippen LogP contribution in [-0.2, 0) is 4.79 Å². The van der Waals surface area contributed by atoms with Crippen LogP contribution in [0.25, 0.3) is 0 Å². The third-order valence-electron chi connectivity index (χ3n) is 3.76. The molecule has 1 saturated heterocycles. The molecule has 2 unspecified atom stereocenters. The molecule has 0 aromatic rings. The minimum atomic E-state index is 0.0312. The number of amides is 1. The Bertz CT molecular complexity index is 256. The number of hydrogen-bond donors (Lipinski definition) is 2. The van der Waals surface area contributed by atoms with Gasteiger partial charge in [-0.25, -0.2) is 0 Å². The fourth-order valence-corrected chi connectivity index (χ4v) is 2.81. The second-order valence-electron chi connectivity index (χ2n) is 5.85. The van der Waals surface area contributed by atoms with Crippen molar-refractivity contribution < 1.29 is 9.90 Å². The summed E-state index contributed by atoms with van der Waals surface area (Å²) < 4.78 is 0. The van der Waals surface area contributed by atoms with Gasteiger partial charge in [0.1, 0.15) is 0 Å². The van der Waals surface area contributed by atoms with Gasteiger partial charge in [0.25, 0.3) is 0 Å². The van der Waals surface area contributed by atoms with E-state index >= 15 is 0 Å². The Labute approximate surface area is 111 Å². The Kier molecular flexibility index (Phi) is 6.65. The maximum absolute atomic E-state index is 12.3. The first kappa shape index (κ1) is 15.4. The highest BCUT2D eigenvalue weighted by atomic mass is 16.3. The predicted octanol–water partition coefficient (Wildman–Crippen LogP) is 1.37. The molecule has 0 saturated carbocycles. The Morgan fingerprint density at radius 2 is 2.17 bits per heavy atom. The zero-order valence-corrected chi connectivity index (χ0v) is 11.8. The summed E-state index contributed by atoms with van der Waals surface area (Å²) in [6, 6.07) is 0.0312. The third-order valence-corrected chi connectivity index (χ3v) is 3.76. The fraction of sp³-hybridized carbons (Fsp3) is 0.929. The van der Waals surface area contributed by atoms with Crippen molar-refractivity contribution in [3.63, 3.8) is 0 Å². The number of nitrogens with two attached hydrogens (primary N) is 1. The highest BCUT2D eigenvalue weighted by Gasteiger charge is 2.27. The Morgan fingerprint density at radius 1 is 1.44 bits per heavy atom. The molecule has 0 aromatic carbocycles. The van der Waals surface area contributed by atoms with Crippen molar-refractivity contribution in [3.05, 3.63) is 0 Å². The summed E-state index contributed by atoms with van der Waals surface area (Å²) in [7, 11) is 0. The number of aliphatic hydroxyl groups is 1. The SMILES string of the molecule is CC(C)CC(CN)CC(=O)N1CCCCC1CO. The zero-order valence-electron chi connectivity index (χ0n) is 11.8. The smallest absolute Gasteiger partial charge is 0.223 e. The Morgan fingerprint density at radius 3 is 2.72 bits per heavy atom. The molecule has 1 aliphatic heterocycles. The van der Waals surface area contributed by atoms with Gasteiger partial charge in [0.15, 0.2) is 0 Å². The number of piperidine rings is 1. The van der Waals surface area contributed by atoms with Crippen LogP contribution in [-0.4, -0.2) is 41.7 Å². The Hall–Kier alpha value is -0.610. The number of carbonyl (C=O) groups excluding carboxylic acids is 1. The first-order valence-corrected chi connectivity index (χ1v) is 7.18. The minimum Gasteiger partial charge on any atom is -0.394 e. The summed E-state index contributed by atoms with van der Waals surface area (Å²) in [6.45, 7) is 5.77. The molecule has 3 N–H and O–H groups in total. The molecule has 1 fully saturated rings. The summed E-state index contributed by atoms with van der Waals surface area (Å²) in [5.41, 5.74) is 5.75. The van der Waals surface area contributed by atoms with Crippen LogP contribution in [0, 0.1) is 11.8 Å². The zero-order chi connectivity index (χ0) is 13.5. The van der Waals surface area contributed by atoms with E-state index in [1.54, 1.807) is 0 Å². The summed E-state index contributed by atoms with van der Waals surface area (Å²) in [5.74, 6) is 1.02. The lowest BCUT2D eigenvalue weighted by Crippen LogP contribution is -2.46. The minimum absolute atomic E-state index is 0.0312. The van der Waals surface area contributed by atoms with Gasteiger partial charge in [0, 0.05) is 13.0 Å². The van der Waals surface area contributed by atoms with Crippen LogP contribution >= 0.6 is 0 Å². The number of hydrogen-bond acceptors (Lipinski definition) is 3. The average Bonchev–Trinajstić information content (AvgIpc) is 2.37. The standard InChI is InChI=1S/C14H28N2O2/c1-11(2)7-12(9-15)8-14(18)16-6-4-3-5-13(16)10-17/h11-13,17H,3-10,15H2,1-2H3.